The molecule has 0 aliphatic rings. The zero-order valence-electron chi connectivity index (χ0n) is 9.97. The summed E-state index contributed by atoms with van der Waals surface area (Å²) in [6, 6.07) is 3.26. The minimum absolute atomic E-state index is 0.0739. The van der Waals surface area contributed by atoms with Gasteiger partial charge in [-0.1, -0.05) is 11.6 Å². The minimum atomic E-state index is -4.48. The smallest absolute Gasteiger partial charge is 0.383 e. The van der Waals surface area contributed by atoms with E-state index in [-0.39, 0.29) is 15.8 Å². The van der Waals surface area contributed by atoms with Gasteiger partial charge in [-0.05, 0) is 30.4 Å². The lowest BCUT2D eigenvalue weighted by atomic mass is 10.1. The summed E-state index contributed by atoms with van der Waals surface area (Å²) in [6.07, 6.45) is -4.48. The van der Waals surface area contributed by atoms with Crippen molar-refractivity contribution < 1.29 is 17.9 Å². The van der Waals surface area contributed by atoms with Crippen molar-refractivity contribution in [3.05, 3.63) is 28.8 Å². The quantitative estimate of drug-likeness (QED) is 0.660. The van der Waals surface area contributed by atoms with E-state index in [2.05, 4.69) is 10.6 Å². The Hall–Kier alpha value is -1.05. The number of hydrogen-bond acceptors (Lipinski definition) is 2. The summed E-state index contributed by atoms with van der Waals surface area (Å²) in [7, 11) is 1.51. The monoisotopic (exact) mass is 312 g/mol. The number of ether oxygens (including phenoxy) is 1. The Bertz CT molecular complexity index is 454. The van der Waals surface area contributed by atoms with Gasteiger partial charge in [-0.25, -0.2) is 0 Å². The van der Waals surface area contributed by atoms with Crippen LogP contribution in [0.25, 0.3) is 0 Å². The van der Waals surface area contributed by atoms with Crippen molar-refractivity contribution in [3.8, 4) is 0 Å². The minimum Gasteiger partial charge on any atom is -0.383 e. The van der Waals surface area contributed by atoms with Crippen LogP contribution in [0.5, 0.6) is 0 Å². The molecule has 0 aromatic heterocycles. The second-order valence-corrected chi connectivity index (χ2v) is 4.41. The van der Waals surface area contributed by atoms with Crippen LogP contribution in [0.2, 0.25) is 5.02 Å². The lowest BCUT2D eigenvalue weighted by Gasteiger charge is -2.16. The highest BCUT2D eigenvalue weighted by Gasteiger charge is 2.33. The predicted molar refractivity (Wildman–Crippen MR) is 72.6 cm³/mol. The molecular weight excluding hydrogens is 301 g/mol. The molecule has 0 fully saturated rings. The molecule has 1 aromatic rings. The first-order valence-corrected chi connectivity index (χ1v) is 6.03. The summed E-state index contributed by atoms with van der Waals surface area (Å²) in [5.74, 6) is 0. The van der Waals surface area contributed by atoms with Crippen molar-refractivity contribution in [1.82, 2.24) is 5.32 Å². The Balaban J connectivity index is 2.81. The lowest BCUT2D eigenvalue weighted by molar-refractivity contribution is -0.136. The maximum Gasteiger partial charge on any atom is 0.418 e. The summed E-state index contributed by atoms with van der Waals surface area (Å²) < 4.78 is 43.1. The molecular formula is C11H12ClF3N2OS. The second-order valence-electron chi connectivity index (χ2n) is 3.56. The van der Waals surface area contributed by atoms with Crippen molar-refractivity contribution in [2.24, 2.45) is 0 Å². The fraction of sp³-hybridized carbons (Fsp3) is 0.364. The molecule has 0 radical (unpaired) electrons. The average Bonchev–Trinajstić information content (AvgIpc) is 2.27. The van der Waals surface area contributed by atoms with Crippen molar-refractivity contribution in [1.29, 1.82) is 0 Å². The van der Waals surface area contributed by atoms with Crippen molar-refractivity contribution in [2.75, 3.05) is 25.6 Å². The van der Waals surface area contributed by atoms with Gasteiger partial charge >= 0.3 is 6.18 Å². The van der Waals surface area contributed by atoms with Gasteiger partial charge < -0.3 is 15.4 Å². The topological polar surface area (TPSA) is 33.3 Å². The number of benzene rings is 1. The molecule has 0 saturated heterocycles. The predicted octanol–water partition coefficient (Wildman–Crippen LogP) is 3.29. The van der Waals surface area contributed by atoms with Crippen LogP contribution < -0.4 is 10.6 Å². The number of halogens is 4. The highest BCUT2D eigenvalue weighted by Crippen LogP contribution is 2.36. The Morgan fingerprint density at radius 2 is 2.11 bits per heavy atom. The van der Waals surface area contributed by atoms with Crippen molar-refractivity contribution in [2.45, 2.75) is 6.18 Å². The molecule has 0 saturated carbocycles. The first kappa shape index (κ1) is 16.0. The number of methoxy groups -OCH3 is 1. The third kappa shape index (κ3) is 5.22. The molecule has 0 aliphatic carbocycles. The molecule has 0 spiro atoms. The van der Waals surface area contributed by atoms with Gasteiger partial charge in [-0.15, -0.1) is 0 Å². The van der Waals surface area contributed by atoms with Crippen LogP contribution in [0.4, 0.5) is 18.9 Å². The molecule has 19 heavy (non-hydrogen) atoms. The van der Waals surface area contributed by atoms with Crippen molar-refractivity contribution in [3.63, 3.8) is 0 Å². The highest BCUT2D eigenvalue weighted by atomic mass is 35.5. The Morgan fingerprint density at radius 1 is 1.42 bits per heavy atom. The largest absolute Gasteiger partial charge is 0.418 e. The van der Waals surface area contributed by atoms with Crippen LogP contribution in [-0.2, 0) is 10.9 Å². The van der Waals surface area contributed by atoms with Crippen LogP contribution in [0.1, 0.15) is 5.56 Å². The molecule has 0 heterocycles. The summed E-state index contributed by atoms with van der Waals surface area (Å²) in [4.78, 5) is 0. The molecule has 1 rings (SSSR count). The molecule has 0 bridgehead atoms. The van der Waals surface area contributed by atoms with Gasteiger partial charge in [0.15, 0.2) is 5.11 Å². The van der Waals surface area contributed by atoms with E-state index in [0.717, 1.165) is 6.07 Å². The maximum atomic E-state index is 12.8. The van der Waals surface area contributed by atoms with Gasteiger partial charge in [0.05, 0.1) is 17.9 Å². The highest BCUT2D eigenvalue weighted by molar-refractivity contribution is 7.80. The zero-order valence-corrected chi connectivity index (χ0v) is 11.5. The second kappa shape index (κ2) is 6.93. The van der Waals surface area contributed by atoms with E-state index in [0.29, 0.717) is 13.2 Å². The van der Waals surface area contributed by atoms with Crippen molar-refractivity contribution >= 4 is 34.6 Å². The van der Waals surface area contributed by atoms with Gasteiger partial charge in [0.1, 0.15) is 0 Å². The third-order valence-corrected chi connectivity index (χ3v) is 2.61. The van der Waals surface area contributed by atoms with E-state index in [1.54, 1.807) is 0 Å². The molecule has 1 aromatic carbocycles. The third-order valence-electron chi connectivity index (χ3n) is 2.13. The van der Waals surface area contributed by atoms with Gasteiger partial charge in [0.2, 0.25) is 0 Å². The number of nitrogens with one attached hydrogen (secondary N) is 2. The van der Waals surface area contributed by atoms with E-state index < -0.39 is 11.7 Å². The molecule has 2 N–H and O–H groups in total. The summed E-state index contributed by atoms with van der Waals surface area (Å²) in [5.41, 5.74) is -1.01. The van der Waals surface area contributed by atoms with E-state index in [1.165, 1.54) is 19.2 Å². The number of hydrogen-bond donors (Lipinski definition) is 2. The summed E-state index contributed by atoms with van der Waals surface area (Å²) in [5, 5.41) is 5.46. The fourth-order valence-electron chi connectivity index (χ4n) is 1.30. The van der Waals surface area contributed by atoms with Gasteiger partial charge in [0, 0.05) is 18.7 Å². The molecule has 0 unspecified atom stereocenters. The number of thiocarbonyl (C=S) groups is 1. The Morgan fingerprint density at radius 3 is 2.68 bits per heavy atom. The lowest BCUT2D eigenvalue weighted by Crippen LogP contribution is -2.31. The Labute approximate surface area is 119 Å². The summed E-state index contributed by atoms with van der Waals surface area (Å²) in [6.45, 7) is 0.785. The van der Waals surface area contributed by atoms with E-state index in [4.69, 9.17) is 28.6 Å². The molecule has 0 amide bonds. The van der Waals surface area contributed by atoms with E-state index in [1.807, 2.05) is 0 Å². The normalized spacial score (nSPS) is 11.2. The number of alkyl halides is 3. The van der Waals surface area contributed by atoms with Gasteiger partial charge in [-0.2, -0.15) is 13.2 Å². The zero-order chi connectivity index (χ0) is 14.5. The van der Waals surface area contributed by atoms with E-state index >= 15 is 0 Å². The number of anilines is 1. The first-order valence-electron chi connectivity index (χ1n) is 5.25. The average molecular weight is 313 g/mol. The molecule has 8 heteroatoms. The summed E-state index contributed by atoms with van der Waals surface area (Å²) >= 11 is 10.6. The van der Waals surface area contributed by atoms with Gasteiger partial charge in [0.25, 0.3) is 0 Å². The van der Waals surface area contributed by atoms with E-state index in [9.17, 15) is 13.2 Å². The van der Waals surface area contributed by atoms with Crippen LogP contribution in [0.3, 0.4) is 0 Å². The molecule has 106 valence electrons. The van der Waals surface area contributed by atoms with Crippen LogP contribution in [0, 0.1) is 0 Å². The SMILES string of the molecule is COCCNC(=S)Nc1cc(Cl)ccc1C(F)(F)F. The van der Waals surface area contributed by atoms with Crippen LogP contribution in [0.15, 0.2) is 18.2 Å². The Kier molecular flexibility index (Phi) is 5.84. The van der Waals surface area contributed by atoms with Crippen LogP contribution in [-0.4, -0.2) is 25.4 Å². The first-order chi connectivity index (χ1) is 8.84. The van der Waals surface area contributed by atoms with Gasteiger partial charge in [-0.3, -0.25) is 0 Å². The standard InChI is InChI=1S/C11H12ClF3N2OS/c1-18-5-4-16-10(19)17-9-6-7(12)2-3-8(9)11(13,14)15/h2-3,6H,4-5H2,1H3,(H2,16,17,19). The maximum absolute atomic E-state index is 12.8. The number of rotatable bonds is 4. The molecule has 0 aliphatic heterocycles. The molecule has 3 nitrogen and oxygen atoms in total. The fourth-order valence-corrected chi connectivity index (χ4v) is 1.68. The molecule has 0 atom stereocenters. The van der Waals surface area contributed by atoms with Crippen LogP contribution >= 0.6 is 23.8 Å².